The second kappa shape index (κ2) is 12.4. The lowest BCUT2D eigenvalue weighted by Gasteiger charge is -2.31. The number of unbranched alkanes of at least 4 members (excludes halogenated alkanes) is 1. The van der Waals surface area contributed by atoms with Gasteiger partial charge in [-0.1, -0.05) is 63.1 Å². The van der Waals surface area contributed by atoms with Crippen molar-refractivity contribution >= 4 is 17.7 Å². The Kier molecular flexibility index (Phi) is 9.91. The van der Waals surface area contributed by atoms with Crippen molar-refractivity contribution in [2.24, 2.45) is 4.99 Å². The van der Waals surface area contributed by atoms with Crippen LogP contribution in [0.25, 0.3) is 0 Å². The molecule has 3 atom stereocenters. The van der Waals surface area contributed by atoms with Gasteiger partial charge in [0.1, 0.15) is 24.7 Å². The number of carboxylic acids is 1. The van der Waals surface area contributed by atoms with E-state index in [1.54, 1.807) is 11.0 Å². The Hall–Kier alpha value is -2.67. The highest BCUT2D eigenvalue weighted by molar-refractivity contribution is 5.90. The Morgan fingerprint density at radius 1 is 1.16 bits per heavy atom. The number of amides is 1. The van der Waals surface area contributed by atoms with Crippen LogP contribution in [0.4, 0.5) is 0 Å². The molecule has 2 N–H and O–H groups in total. The summed E-state index contributed by atoms with van der Waals surface area (Å²) in [6, 6.07) is 7.11. The molecule has 7 heteroatoms. The standard InChI is InChI=1S/C23H31N3O4.C2H6/c1-3-4-7-20-24-18(17-10-8-16(2)9-11-17)12-13-21(27)26(20)15-22(28)25-14-5-6-19(25)23(29)30;1-2/h8-13,18-19,21,27H,3-7,14-15H2,1-2H3,(H,29,30);1-2H3. The Balaban J connectivity index is 0.00000176. The third-order valence-electron chi connectivity index (χ3n) is 5.74. The number of carbonyl (C=O) groups excluding carboxylic acids is 1. The van der Waals surface area contributed by atoms with Crippen molar-refractivity contribution in [2.75, 3.05) is 13.1 Å². The first-order chi connectivity index (χ1) is 15.4. The summed E-state index contributed by atoms with van der Waals surface area (Å²) >= 11 is 0. The van der Waals surface area contributed by atoms with Crippen LogP contribution in [0.15, 0.2) is 41.4 Å². The van der Waals surface area contributed by atoms with Gasteiger partial charge >= 0.3 is 5.97 Å². The molecule has 1 aromatic rings. The molecule has 0 saturated carbocycles. The number of amidine groups is 1. The smallest absolute Gasteiger partial charge is 0.326 e. The van der Waals surface area contributed by atoms with Crippen molar-refractivity contribution in [2.45, 2.75) is 78.1 Å². The number of aryl methyl sites for hydroxylation is 1. The predicted octanol–water partition coefficient (Wildman–Crippen LogP) is 3.92. The quantitative estimate of drug-likeness (QED) is 0.623. The van der Waals surface area contributed by atoms with Crippen LogP contribution in [-0.4, -0.2) is 63.1 Å². The van der Waals surface area contributed by atoms with Crippen LogP contribution in [0.5, 0.6) is 0 Å². The van der Waals surface area contributed by atoms with E-state index in [-0.39, 0.29) is 18.5 Å². The lowest BCUT2D eigenvalue weighted by molar-refractivity contribution is -0.148. The molecule has 1 fully saturated rings. The molecular formula is C25H37N3O4. The van der Waals surface area contributed by atoms with Crippen LogP contribution in [0.1, 0.15) is 70.0 Å². The summed E-state index contributed by atoms with van der Waals surface area (Å²) in [6.07, 6.45) is 6.19. The number of rotatable bonds is 7. The Morgan fingerprint density at radius 3 is 2.47 bits per heavy atom. The Labute approximate surface area is 191 Å². The molecule has 2 aliphatic rings. The third-order valence-corrected chi connectivity index (χ3v) is 5.74. The lowest BCUT2D eigenvalue weighted by Crippen LogP contribution is -2.49. The van der Waals surface area contributed by atoms with Crippen molar-refractivity contribution in [3.05, 3.63) is 47.5 Å². The van der Waals surface area contributed by atoms with Gasteiger partial charge < -0.3 is 20.0 Å². The van der Waals surface area contributed by atoms with Gasteiger partial charge in [-0.05, 0) is 37.8 Å². The molecule has 7 nitrogen and oxygen atoms in total. The van der Waals surface area contributed by atoms with Gasteiger partial charge in [0, 0.05) is 13.0 Å². The number of nitrogens with zero attached hydrogens (tertiary/aromatic N) is 3. The van der Waals surface area contributed by atoms with Gasteiger partial charge in [0.15, 0.2) is 0 Å². The molecule has 0 bridgehead atoms. The van der Waals surface area contributed by atoms with Gasteiger partial charge in [-0.2, -0.15) is 0 Å². The fraction of sp³-hybridized carbons (Fsp3) is 0.560. The van der Waals surface area contributed by atoms with E-state index >= 15 is 0 Å². The monoisotopic (exact) mass is 443 g/mol. The summed E-state index contributed by atoms with van der Waals surface area (Å²) in [5.41, 5.74) is 2.19. The number of aliphatic hydroxyl groups excluding tert-OH is 1. The fourth-order valence-corrected chi connectivity index (χ4v) is 3.97. The van der Waals surface area contributed by atoms with Crippen molar-refractivity contribution in [3.8, 4) is 0 Å². The highest BCUT2D eigenvalue weighted by Gasteiger charge is 2.35. The number of hydrogen-bond donors (Lipinski definition) is 2. The number of carbonyl (C=O) groups is 2. The molecule has 2 aliphatic heterocycles. The van der Waals surface area contributed by atoms with Crippen molar-refractivity contribution in [1.82, 2.24) is 9.80 Å². The number of hydrogen-bond acceptors (Lipinski definition) is 5. The average molecular weight is 444 g/mol. The number of carboxylic acid groups (broad SMARTS) is 1. The molecule has 0 aromatic heterocycles. The first kappa shape index (κ1) is 25.6. The summed E-state index contributed by atoms with van der Waals surface area (Å²) in [5.74, 6) is -0.582. The van der Waals surface area contributed by atoms with E-state index < -0.39 is 18.2 Å². The molecule has 2 heterocycles. The first-order valence-electron chi connectivity index (χ1n) is 11.7. The summed E-state index contributed by atoms with van der Waals surface area (Å²) < 4.78 is 0. The molecule has 0 aliphatic carbocycles. The Morgan fingerprint density at radius 2 is 1.84 bits per heavy atom. The second-order valence-electron chi connectivity index (χ2n) is 8.01. The second-order valence-corrected chi connectivity index (χ2v) is 8.01. The van der Waals surface area contributed by atoms with Crippen LogP contribution < -0.4 is 0 Å². The minimum Gasteiger partial charge on any atom is -0.480 e. The maximum absolute atomic E-state index is 12.9. The zero-order chi connectivity index (χ0) is 23.7. The molecular weight excluding hydrogens is 406 g/mol. The van der Waals surface area contributed by atoms with Crippen LogP contribution in [0, 0.1) is 6.92 Å². The topological polar surface area (TPSA) is 93.4 Å². The van der Waals surface area contributed by atoms with Gasteiger partial charge in [-0.15, -0.1) is 0 Å². The van der Waals surface area contributed by atoms with E-state index in [2.05, 4.69) is 6.92 Å². The first-order valence-corrected chi connectivity index (χ1v) is 11.7. The lowest BCUT2D eigenvalue weighted by atomic mass is 10.1. The molecule has 32 heavy (non-hydrogen) atoms. The summed E-state index contributed by atoms with van der Waals surface area (Å²) in [7, 11) is 0. The fourth-order valence-electron chi connectivity index (χ4n) is 3.97. The average Bonchev–Trinajstić information content (AvgIpc) is 3.24. The number of aliphatic hydroxyl groups is 1. The van der Waals surface area contributed by atoms with Gasteiger partial charge in [-0.25, -0.2) is 4.79 Å². The van der Waals surface area contributed by atoms with E-state index in [9.17, 15) is 19.8 Å². The van der Waals surface area contributed by atoms with E-state index in [4.69, 9.17) is 4.99 Å². The minimum atomic E-state index is -0.981. The largest absolute Gasteiger partial charge is 0.480 e. The van der Waals surface area contributed by atoms with Crippen LogP contribution >= 0.6 is 0 Å². The normalized spacial score (nSPS) is 22.7. The molecule has 1 aromatic carbocycles. The van der Waals surface area contributed by atoms with Crippen LogP contribution in [0.3, 0.4) is 0 Å². The van der Waals surface area contributed by atoms with Crippen LogP contribution in [0.2, 0.25) is 0 Å². The predicted molar refractivity (Wildman–Crippen MR) is 126 cm³/mol. The molecule has 1 saturated heterocycles. The van der Waals surface area contributed by atoms with Gasteiger partial charge in [0.25, 0.3) is 0 Å². The summed E-state index contributed by atoms with van der Waals surface area (Å²) in [6.45, 7) is 8.46. The maximum Gasteiger partial charge on any atom is 0.326 e. The van der Waals surface area contributed by atoms with Gasteiger partial charge in [-0.3, -0.25) is 9.79 Å². The number of aliphatic imine (C=N–C) groups is 1. The molecule has 1 amide bonds. The van der Waals surface area contributed by atoms with Crippen molar-refractivity contribution < 1.29 is 19.8 Å². The van der Waals surface area contributed by atoms with E-state index in [1.807, 2.05) is 51.1 Å². The van der Waals surface area contributed by atoms with Gasteiger partial charge in [0.05, 0.1) is 6.04 Å². The molecule has 0 radical (unpaired) electrons. The SMILES string of the molecule is CC.CCCCC1=NC(c2ccc(C)cc2)C=CC(O)N1CC(=O)N1CCCC1C(=O)O. The van der Waals surface area contributed by atoms with E-state index in [0.29, 0.717) is 31.6 Å². The molecule has 3 rings (SSSR count). The third kappa shape index (κ3) is 6.42. The Bertz CT molecular complexity index is 819. The zero-order valence-corrected chi connectivity index (χ0v) is 19.7. The van der Waals surface area contributed by atoms with Crippen molar-refractivity contribution in [1.29, 1.82) is 0 Å². The maximum atomic E-state index is 12.9. The van der Waals surface area contributed by atoms with Gasteiger partial charge in [0.2, 0.25) is 5.91 Å². The number of likely N-dealkylation sites (tertiary alicyclic amines) is 1. The minimum absolute atomic E-state index is 0.0849. The molecule has 0 spiro atoms. The van der Waals surface area contributed by atoms with E-state index in [1.165, 1.54) is 4.90 Å². The molecule has 3 unspecified atom stereocenters. The highest BCUT2D eigenvalue weighted by Crippen LogP contribution is 2.26. The van der Waals surface area contributed by atoms with Crippen LogP contribution in [-0.2, 0) is 9.59 Å². The zero-order valence-electron chi connectivity index (χ0n) is 19.7. The highest BCUT2D eigenvalue weighted by atomic mass is 16.4. The number of benzene rings is 1. The molecule has 176 valence electrons. The van der Waals surface area contributed by atoms with E-state index in [0.717, 1.165) is 24.0 Å². The summed E-state index contributed by atoms with van der Waals surface area (Å²) in [4.78, 5) is 32.3. The van der Waals surface area contributed by atoms with Crippen molar-refractivity contribution in [3.63, 3.8) is 0 Å². The number of aliphatic carboxylic acids is 1. The summed E-state index contributed by atoms with van der Waals surface area (Å²) in [5, 5.41) is 20.2.